The molecule has 1 aliphatic carbocycles. The van der Waals surface area contributed by atoms with Gasteiger partial charge in [-0.25, -0.2) is 0 Å². The Morgan fingerprint density at radius 1 is 0.968 bits per heavy atom. The molecule has 4 aromatic rings. The van der Waals surface area contributed by atoms with Crippen LogP contribution in [0.4, 0.5) is 0 Å². The van der Waals surface area contributed by atoms with Crippen LogP contribution in [0.25, 0.3) is 11.0 Å². The third-order valence-corrected chi connectivity index (χ3v) is 6.54. The Bertz CT molecular complexity index is 1280. The standard InChI is InChI=1S/C25H32N6/c1-15-8-9-26-31-23(15)21(25(5,6)7)22(29-31)18-12-17(18)10-16-11-20-19(24(2,3)4)14-28-30(20)27-13-16/h8-9,11,13-14,17-18H,10,12H2,1-7H3. The summed E-state index contributed by atoms with van der Waals surface area (Å²) in [5.74, 6) is 1.08. The molecular formula is C25H32N6. The molecule has 1 saturated carbocycles. The molecular weight excluding hydrogens is 384 g/mol. The van der Waals surface area contributed by atoms with Crippen LogP contribution in [0.1, 0.15) is 81.8 Å². The predicted molar refractivity (Wildman–Crippen MR) is 123 cm³/mol. The van der Waals surface area contributed by atoms with Crippen LogP contribution in [0.3, 0.4) is 0 Å². The summed E-state index contributed by atoms with van der Waals surface area (Å²) in [6.07, 6.45) is 7.96. The molecule has 6 nitrogen and oxygen atoms in total. The van der Waals surface area contributed by atoms with Crippen LogP contribution >= 0.6 is 0 Å². The highest BCUT2D eigenvalue weighted by molar-refractivity contribution is 5.65. The van der Waals surface area contributed by atoms with Crippen molar-refractivity contribution < 1.29 is 0 Å². The van der Waals surface area contributed by atoms with Crippen LogP contribution in [-0.4, -0.2) is 29.7 Å². The lowest BCUT2D eigenvalue weighted by Gasteiger charge is -2.20. The van der Waals surface area contributed by atoms with Gasteiger partial charge in [0, 0.05) is 23.2 Å². The van der Waals surface area contributed by atoms with Gasteiger partial charge in [-0.2, -0.15) is 29.7 Å². The van der Waals surface area contributed by atoms with E-state index in [0.29, 0.717) is 11.8 Å². The minimum absolute atomic E-state index is 0.0255. The van der Waals surface area contributed by atoms with E-state index >= 15 is 0 Å². The number of fused-ring (bicyclic) bond motifs is 2. The zero-order chi connectivity index (χ0) is 22.1. The Balaban J connectivity index is 1.47. The van der Waals surface area contributed by atoms with E-state index < -0.39 is 0 Å². The van der Waals surface area contributed by atoms with Crippen molar-refractivity contribution in [2.45, 2.75) is 78.1 Å². The smallest absolute Gasteiger partial charge is 0.0942 e. The maximum absolute atomic E-state index is 4.96. The molecule has 162 valence electrons. The largest absolute Gasteiger partial charge is 0.159 e. The number of aromatic nitrogens is 6. The number of hydrogen-bond donors (Lipinski definition) is 0. The Morgan fingerprint density at radius 2 is 1.71 bits per heavy atom. The molecule has 2 atom stereocenters. The Labute approximate surface area is 183 Å². The third-order valence-electron chi connectivity index (χ3n) is 6.54. The van der Waals surface area contributed by atoms with Crippen molar-refractivity contribution in [2.24, 2.45) is 5.92 Å². The Kier molecular flexibility index (Phi) is 4.30. The summed E-state index contributed by atoms with van der Waals surface area (Å²) in [5.41, 5.74) is 8.70. The van der Waals surface area contributed by atoms with Crippen LogP contribution in [0, 0.1) is 12.8 Å². The molecule has 6 heteroatoms. The molecule has 0 aromatic carbocycles. The molecule has 4 aromatic heterocycles. The van der Waals surface area contributed by atoms with Gasteiger partial charge in [-0.05, 0) is 59.8 Å². The number of hydrogen-bond acceptors (Lipinski definition) is 4. The summed E-state index contributed by atoms with van der Waals surface area (Å²) in [7, 11) is 0. The van der Waals surface area contributed by atoms with Crippen LogP contribution in [-0.2, 0) is 17.3 Å². The summed E-state index contributed by atoms with van der Waals surface area (Å²) < 4.78 is 3.60. The highest BCUT2D eigenvalue weighted by Gasteiger charge is 2.44. The van der Waals surface area contributed by atoms with Crippen molar-refractivity contribution in [3.05, 3.63) is 58.7 Å². The highest BCUT2D eigenvalue weighted by Crippen LogP contribution is 2.52. The molecule has 0 spiro atoms. The fourth-order valence-corrected chi connectivity index (χ4v) is 4.87. The molecule has 2 unspecified atom stereocenters. The summed E-state index contributed by atoms with van der Waals surface area (Å²) in [6.45, 7) is 15.7. The molecule has 4 heterocycles. The normalized spacial score (nSPS) is 19.5. The van der Waals surface area contributed by atoms with Crippen molar-refractivity contribution in [3.8, 4) is 0 Å². The first-order valence-corrected chi connectivity index (χ1v) is 11.2. The zero-order valence-corrected chi connectivity index (χ0v) is 19.6. The summed E-state index contributed by atoms with van der Waals surface area (Å²) in [4.78, 5) is 0. The minimum Gasteiger partial charge on any atom is -0.159 e. The van der Waals surface area contributed by atoms with Crippen LogP contribution in [0.15, 0.2) is 30.7 Å². The number of rotatable bonds is 3. The molecule has 0 radical (unpaired) electrons. The average Bonchev–Trinajstić information content (AvgIpc) is 3.10. The van der Waals surface area contributed by atoms with Gasteiger partial charge in [-0.15, -0.1) is 0 Å². The van der Waals surface area contributed by atoms with Gasteiger partial charge in [0.25, 0.3) is 0 Å². The van der Waals surface area contributed by atoms with Crippen molar-refractivity contribution in [3.63, 3.8) is 0 Å². The second-order valence-electron chi connectivity index (χ2n) is 11.2. The lowest BCUT2D eigenvalue weighted by molar-refractivity contribution is 0.584. The van der Waals surface area contributed by atoms with Gasteiger partial charge in [-0.1, -0.05) is 41.5 Å². The predicted octanol–water partition coefficient (Wildman–Crippen LogP) is 5.02. The van der Waals surface area contributed by atoms with E-state index in [-0.39, 0.29) is 10.8 Å². The number of aryl methyl sites for hydroxylation is 1. The molecule has 1 fully saturated rings. The Morgan fingerprint density at radius 3 is 2.42 bits per heavy atom. The van der Waals surface area contributed by atoms with E-state index in [9.17, 15) is 0 Å². The van der Waals surface area contributed by atoms with Gasteiger partial charge in [0.2, 0.25) is 0 Å². The molecule has 0 N–H and O–H groups in total. The van der Waals surface area contributed by atoms with Crippen molar-refractivity contribution in [1.82, 2.24) is 29.7 Å². The van der Waals surface area contributed by atoms with E-state index in [1.54, 1.807) is 4.63 Å². The topological polar surface area (TPSA) is 60.4 Å². The van der Waals surface area contributed by atoms with Crippen LogP contribution in [0.5, 0.6) is 0 Å². The average molecular weight is 417 g/mol. The molecule has 0 amide bonds. The van der Waals surface area contributed by atoms with Gasteiger partial charge >= 0.3 is 0 Å². The Hall–Kier alpha value is -2.76. The maximum Gasteiger partial charge on any atom is 0.0942 e. The van der Waals surface area contributed by atoms with Crippen molar-refractivity contribution in [2.75, 3.05) is 0 Å². The number of nitrogens with zero attached hydrogens (tertiary/aromatic N) is 6. The molecule has 1 aliphatic rings. The molecule has 31 heavy (non-hydrogen) atoms. The second-order valence-corrected chi connectivity index (χ2v) is 11.2. The lowest BCUT2D eigenvalue weighted by Crippen LogP contribution is -2.14. The lowest BCUT2D eigenvalue weighted by atomic mass is 9.83. The molecule has 0 aliphatic heterocycles. The van der Waals surface area contributed by atoms with Crippen molar-refractivity contribution >= 4 is 11.0 Å². The minimum atomic E-state index is 0.0255. The van der Waals surface area contributed by atoms with E-state index in [1.165, 1.54) is 39.9 Å². The molecule has 5 rings (SSSR count). The first-order chi connectivity index (χ1) is 14.5. The fraction of sp³-hybridized carbons (Fsp3) is 0.520. The summed E-state index contributed by atoms with van der Waals surface area (Å²) in [6, 6.07) is 4.36. The first kappa shape index (κ1) is 20.2. The fourth-order valence-electron chi connectivity index (χ4n) is 4.87. The van der Waals surface area contributed by atoms with E-state index in [0.717, 1.165) is 11.9 Å². The third kappa shape index (κ3) is 3.42. The second kappa shape index (κ2) is 6.62. The van der Waals surface area contributed by atoms with Crippen LogP contribution in [0.2, 0.25) is 0 Å². The first-order valence-electron chi connectivity index (χ1n) is 11.2. The quantitative estimate of drug-likeness (QED) is 0.470. The van der Waals surface area contributed by atoms with Gasteiger partial charge in [0.1, 0.15) is 0 Å². The SMILES string of the molecule is Cc1ccnn2nc(C3CC3Cc3cnn4ncc(C(C)(C)C)c4c3)c(C(C)(C)C)c12. The van der Waals surface area contributed by atoms with E-state index in [1.807, 2.05) is 23.2 Å². The monoisotopic (exact) mass is 416 g/mol. The van der Waals surface area contributed by atoms with Crippen LogP contribution < -0.4 is 0 Å². The van der Waals surface area contributed by atoms with E-state index in [4.69, 9.17) is 5.10 Å². The van der Waals surface area contributed by atoms with Gasteiger partial charge in [0.15, 0.2) is 0 Å². The zero-order valence-electron chi connectivity index (χ0n) is 19.6. The van der Waals surface area contributed by atoms with Crippen molar-refractivity contribution in [1.29, 1.82) is 0 Å². The van der Waals surface area contributed by atoms with Gasteiger partial charge in [-0.3, -0.25) is 0 Å². The maximum atomic E-state index is 4.96. The summed E-state index contributed by atoms with van der Waals surface area (Å²) in [5, 5.41) is 18.5. The summed E-state index contributed by atoms with van der Waals surface area (Å²) >= 11 is 0. The van der Waals surface area contributed by atoms with E-state index in [2.05, 4.69) is 75.9 Å². The molecule has 0 saturated heterocycles. The van der Waals surface area contributed by atoms with Gasteiger partial charge in [0.05, 0.1) is 29.1 Å². The highest BCUT2D eigenvalue weighted by atomic mass is 15.4. The molecule has 0 bridgehead atoms. The van der Waals surface area contributed by atoms with Gasteiger partial charge < -0.3 is 0 Å².